The smallest absolute Gasteiger partial charge is 0.277 e. The number of hydrogen-bond donors (Lipinski definition) is 14. The number of nitrogens with zero attached hydrogens (tertiary/aromatic N) is 5. The van der Waals surface area contributed by atoms with E-state index >= 15 is 0 Å². The highest BCUT2D eigenvalue weighted by Crippen LogP contribution is 2.23. The zero-order valence-corrected chi connectivity index (χ0v) is 38.5. The number of H-pyrrole nitrogens is 1. The Kier molecular flexibility index (Phi) is 18.3. The van der Waals surface area contributed by atoms with E-state index in [4.69, 9.17) is 15.9 Å². The second kappa shape index (κ2) is 24.1. The van der Waals surface area contributed by atoms with E-state index in [1.807, 2.05) is 74.5 Å². The number of carbonyl (C=O) groups excluding carboxylic acids is 2. The van der Waals surface area contributed by atoms with Crippen molar-refractivity contribution in [2.45, 2.75) is 95.2 Å². The number of rotatable bonds is 25. The predicted octanol–water partition coefficient (Wildman–Crippen LogP) is -1.89. The lowest BCUT2D eigenvalue weighted by atomic mass is 10.00. The summed E-state index contributed by atoms with van der Waals surface area (Å²) in [6, 6.07) is 22.9. The Labute approximate surface area is 397 Å². The summed E-state index contributed by atoms with van der Waals surface area (Å²) in [6.45, 7) is 3.53. The molecule has 0 aliphatic carbocycles. The molecule has 2 amide bonds. The number of aromatic nitrogens is 5. The van der Waals surface area contributed by atoms with Crippen LogP contribution in [0.5, 0.6) is 0 Å². The number of anilines is 1. The van der Waals surface area contributed by atoms with Crippen LogP contribution in [0, 0.1) is 0 Å². The minimum atomic E-state index is -1.88. The summed E-state index contributed by atoms with van der Waals surface area (Å²) in [5, 5.41) is 106. The average molecular weight is 959 g/mol. The van der Waals surface area contributed by atoms with Crippen molar-refractivity contribution in [3.8, 4) is 11.1 Å². The highest BCUT2D eigenvalue weighted by Gasteiger charge is 2.34. The van der Waals surface area contributed by atoms with Crippen molar-refractivity contribution in [2.75, 3.05) is 45.1 Å². The molecule has 69 heavy (non-hydrogen) atoms. The standard InChI is InChI=1S/C48H63N9O12/c1-3-56-33-14-13-31(21-34(33)57(4-2)39(56)22-52-48(69)40-45(49)54-46-32(53-40)16-19-50-46)47(68)51-18-15-27-5-9-29(10-6-27)30-11-7-28(8-12-30)17-20-55(23-35(60)41(64)43(66)37(62)25-58)24-36(61)42(65)44(67)38(63)26-59/h5-14,16,19,21,35-38,41-44,58-67H,3-4,15,17-18,20,22-26H2,1-2H3,(H4-,49,50,51,52,53,54,68,69)/p+1/t35-,36-,37+,38+,41+,42+,43+,44+/m0/s1. The van der Waals surface area contributed by atoms with Crippen molar-refractivity contribution in [2.24, 2.45) is 0 Å². The fourth-order valence-corrected chi connectivity index (χ4v) is 8.29. The quantitative estimate of drug-likeness (QED) is 0.0279. The van der Waals surface area contributed by atoms with Gasteiger partial charge in [0.1, 0.15) is 48.7 Å². The van der Waals surface area contributed by atoms with Crippen molar-refractivity contribution in [1.82, 2.24) is 35.1 Å². The van der Waals surface area contributed by atoms with E-state index in [0.29, 0.717) is 49.2 Å². The molecule has 0 fully saturated rings. The zero-order valence-electron chi connectivity index (χ0n) is 38.5. The number of aromatic amines is 1. The van der Waals surface area contributed by atoms with E-state index in [1.165, 1.54) is 4.90 Å². The number of fused-ring (bicyclic) bond motifs is 2. The Balaban J connectivity index is 1.03. The SMILES string of the molecule is CCn1c(CNC(=O)c2nc3cc[nH]c3nc2N)[n+](CC)c2ccc(C(=O)NCCc3ccc(-c4ccc(CCN(C[C@H](O)[C@@H](O)[C@H](O)[C@H](O)CO)C[C@H](O)[C@@H](O)[C@H](O)[C@H](O)CO)cc4)cc3)cc21. The highest BCUT2D eigenvalue weighted by atomic mass is 16.4. The third-order valence-corrected chi connectivity index (χ3v) is 12.3. The largest absolute Gasteiger partial charge is 0.394 e. The van der Waals surface area contributed by atoms with E-state index in [9.17, 15) is 50.4 Å². The third kappa shape index (κ3) is 12.6. The highest BCUT2D eigenvalue weighted by molar-refractivity contribution is 5.98. The number of aryl methyl sites for hydroxylation is 2. The maximum absolute atomic E-state index is 13.4. The summed E-state index contributed by atoms with van der Waals surface area (Å²) in [6.07, 6.45) is -11.7. The molecule has 6 aromatic rings. The third-order valence-electron chi connectivity index (χ3n) is 12.3. The van der Waals surface area contributed by atoms with Crippen LogP contribution in [0.15, 0.2) is 79.0 Å². The van der Waals surface area contributed by atoms with Gasteiger partial charge in [0.15, 0.2) is 28.2 Å². The maximum atomic E-state index is 13.4. The lowest BCUT2D eigenvalue weighted by molar-refractivity contribution is -0.676. The Morgan fingerprint density at radius 1 is 0.725 bits per heavy atom. The molecule has 0 spiro atoms. The molecule has 3 aromatic heterocycles. The number of aliphatic hydroxyl groups excluding tert-OH is 10. The van der Waals surface area contributed by atoms with Crippen molar-refractivity contribution in [3.05, 3.63) is 107 Å². The van der Waals surface area contributed by atoms with Gasteiger partial charge in [0.2, 0.25) is 0 Å². The number of amides is 2. The molecule has 3 aromatic carbocycles. The van der Waals surface area contributed by atoms with Gasteiger partial charge < -0.3 is 72.4 Å². The fourth-order valence-electron chi connectivity index (χ4n) is 8.29. The molecular formula is C48H64N9O12+. The Morgan fingerprint density at radius 2 is 1.29 bits per heavy atom. The summed E-state index contributed by atoms with van der Waals surface area (Å²) in [5.41, 5.74) is 13.1. The minimum Gasteiger partial charge on any atom is -0.394 e. The van der Waals surface area contributed by atoms with Crippen LogP contribution in [0.25, 0.3) is 33.3 Å². The molecular weight excluding hydrogens is 895 g/mol. The zero-order chi connectivity index (χ0) is 49.9. The van der Waals surface area contributed by atoms with Crippen molar-refractivity contribution in [1.29, 1.82) is 0 Å². The first-order valence-corrected chi connectivity index (χ1v) is 22.9. The number of hydrogen-bond acceptors (Lipinski definition) is 16. The Morgan fingerprint density at radius 3 is 1.84 bits per heavy atom. The summed E-state index contributed by atoms with van der Waals surface area (Å²) in [7, 11) is 0. The summed E-state index contributed by atoms with van der Waals surface area (Å²) in [4.78, 5) is 39.6. The maximum Gasteiger partial charge on any atom is 0.277 e. The van der Waals surface area contributed by atoms with Crippen LogP contribution in [0.1, 0.15) is 51.6 Å². The molecule has 6 rings (SSSR count). The second-order valence-corrected chi connectivity index (χ2v) is 17.0. The molecule has 0 radical (unpaired) electrons. The molecule has 15 N–H and O–H groups in total. The monoisotopic (exact) mass is 958 g/mol. The molecule has 0 saturated carbocycles. The number of carbonyl (C=O) groups is 2. The van der Waals surface area contributed by atoms with Crippen LogP contribution in [-0.4, -0.2) is 176 Å². The number of nitrogens with one attached hydrogen (secondary N) is 3. The van der Waals surface area contributed by atoms with E-state index in [0.717, 1.165) is 39.1 Å². The first kappa shape index (κ1) is 52.4. The molecule has 0 saturated heterocycles. The number of imidazole rings is 1. The number of nitrogen functional groups attached to an aromatic ring is 1. The topological polar surface area (TPSA) is 340 Å². The van der Waals surface area contributed by atoms with E-state index in [1.54, 1.807) is 18.3 Å². The molecule has 8 atom stereocenters. The molecule has 0 bridgehead atoms. The summed E-state index contributed by atoms with van der Waals surface area (Å²) >= 11 is 0. The number of nitrogens with two attached hydrogens (primary N) is 1. The van der Waals surface area contributed by atoms with E-state index in [-0.39, 0.29) is 43.6 Å². The lowest BCUT2D eigenvalue weighted by Crippen LogP contribution is -2.53. The van der Waals surface area contributed by atoms with Crippen molar-refractivity contribution >= 4 is 39.8 Å². The number of aliphatic hydroxyl groups is 10. The molecule has 0 aliphatic rings. The van der Waals surface area contributed by atoms with E-state index < -0.39 is 68.0 Å². The number of benzene rings is 3. The van der Waals surface area contributed by atoms with Gasteiger partial charge in [0, 0.05) is 44.0 Å². The molecule has 21 heteroatoms. The van der Waals surface area contributed by atoms with Gasteiger partial charge in [-0.1, -0.05) is 48.5 Å². The first-order chi connectivity index (χ1) is 33.1. The molecule has 21 nitrogen and oxygen atoms in total. The van der Waals surface area contributed by atoms with Crippen LogP contribution in [0.3, 0.4) is 0 Å². The second-order valence-electron chi connectivity index (χ2n) is 17.0. The molecule has 3 heterocycles. The van der Waals surface area contributed by atoms with Gasteiger partial charge in [-0.25, -0.2) is 19.1 Å². The van der Waals surface area contributed by atoms with Crippen LogP contribution in [0.2, 0.25) is 0 Å². The predicted molar refractivity (Wildman–Crippen MR) is 253 cm³/mol. The van der Waals surface area contributed by atoms with Gasteiger partial charge in [-0.05, 0) is 67.1 Å². The molecule has 372 valence electrons. The van der Waals surface area contributed by atoms with Gasteiger partial charge in [-0.15, -0.1) is 0 Å². The van der Waals surface area contributed by atoms with Crippen LogP contribution in [-0.2, 0) is 32.5 Å². The van der Waals surface area contributed by atoms with Gasteiger partial charge in [-0.3, -0.25) is 14.5 Å². The van der Waals surface area contributed by atoms with Gasteiger partial charge in [0.05, 0.1) is 38.5 Å². The average Bonchev–Trinajstić information content (AvgIpc) is 3.96. The first-order valence-electron chi connectivity index (χ1n) is 22.9. The van der Waals surface area contributed by atoms with Gasteiger partial charge >= 0.3 is 0 Å². The Hall–Kier alpha value is -5.95. The summed E-state index contributed by atoms with van der Waals surface area (Å²) in [5.74, 6) is 0.198. The Bertz CT molecular complexity index is 2600. The molecule has 0 aliphatic heterocycles. The molecule has 0 unspecified atom stereocenters. The lowest BCUT2D eigenvalue weighted by Gasteiger charge is -2.33. The van der Waals surface area contributed by atoms with E-state index in [2.05, 4.69) is 34.7 Å². The van der Waals surface area contributed by atoms with Gasteiger partial charge in [-0.2, -0.15) is 0 Å². The van der Waals surface area contributed by atoms with Crippen LogP contribution < -0.4 is 20.9 Å². The minimum absolute atomic E-state index is 0.0228. The van der Waals surface area contributed by atoms with Gasteiger partial charge in [0.25, 0.3) is 17.6 Å². The van der Waals surface area contributed by atoms with Crippen molar-refractivity contribution < 1.29 is 65.2 Å². The van der Waals surface area contributed by atoms with Crippen LogP contribution >= 0.6 is 0 Å². The van der Waals surface area contributed by atoms with Crippen LogP contribution in [0.4, 0.5) is 5.82 Å². The van der Waals surface area contributed by atoms with Crippen molar-refractivity contribution in [3.63, 3.8) is 0 Å². The fraction of sp³-hybridized carbons (Fsp3) is 0.438. The normalized spacial score (nSPS) is 15.4. The summed E-state index contributed by atoms with van der Waals surface area (Å²) < 4.78 is 4.16.